The van der Waals surface area contributed by atoms with Crippen molar-refractivity contribution >= 4 is 22.7 Å². The fraction of sp³-hybridized carbons (Fsp3) is 0.435. The van der Waals surface area contributed by atoms with E-state index in [4.69, 9.17) is 16.0 Å². The molecule has 5 heteroatoms. The highest BCUT2D eigenvalue weighted by atomic mass is 35.5. The summed E-state index contributed by atoms with van der Waals surface area (Å²) in [5.74, 6) is 0.180. The number of oxazole rings is 1. The highest BCUT2D eigenvalue weighted by Gasteiger charge is 2.25. The van der Waals surface area contributed by atoms with Crippen molar-refractivity contribution in [3.05, 3.63) is 69.2 Å². The Bertz CT molecular complexity index is 968. The largest absolute Gasteiger partial charge is 0.417 e. The Balaban J connectivity index is 1.26. The molecule has 1 fully saturated rings. The summed E-state index contributed by atoms with van der Waals surface area (Å²) in [6.07, 6.45) is 7.08. The molecule has 0 spiro atoms. The second-order valence-electron chi connectivity index (χ2n) is 7.99. The number of nitrogens with zero attached hydrogens (tertiary/aromatic N) is 1. The molecule has 0 amide bonds. The van der Waals surface area contributed by atoms with Gasteiger partial charge in [0.15, 0.2) is 5.58 Å². The standard InChI is InChI=1S/C23H27ClN2O2/c1-26(14-2-3-16-4-9-19(24)10-5-16)20-11-6-17(7-12-20)18-8-13-21-22(15-18)28-23(27)25-21/h4-5,8-10,13,15,17,20H,2-3,6-7,11-12,14H2,1H3,(H,25,27)/t17-,20-. The van der Waals surface area contributed by atoms with E-state index in [0.29, 0.717) is 17.5 Å². The summed E-state index contributed by atoms with van der Waals surface area (Å²) in [4.78, 5) is 16.6. The van der Waals surface area contributed by atoms with Gasteiger partial charge in [0.25, 0.3) is 0 Å². The Morgan fingerprint density at radius 3 is 2.61 bits per heavy atom. The van der Waals surface area contributed by atoms with Crippen LogP contribution in [0.2, 0.25) is 5.02 Å². The second kappa shape index (κ2) is 8.54. The zero-order valence-corrected chi connectivity index (χ0v) is 17.0. The lowest BCUT2D eigenvalue weighted by Gasteiger charge is -2.35. The van der Waals surface area contributed by atoms with Gasteiger partial charge in [-0.2, -0.15) is 0 Å². The molecule has 0 atom stereocenters. The van der Waals surface area contributed by atoms with Crippen molar-refractivity contribution in [1.82, 2.24) is 9.88 Å². The first-order chi connectivity index (χ1) is 13.6. The van der Waals surface area contributed by atoms with Crippen molar-refractivity contribution in [2.24, 2.45) is 0 Å². The van der Waals surface area contributed by atoms with Gasteiger partial charge >= 0.3 is 5.76 Å². The molecule has 1 aliphatic carbocycles. The van der Waals surface area contributed by atoms with Gasteiger partial charge in [-0.1, -0.05) is 29.8 Å². The first-order valence-electron chi connectivity index (χ1n) is 10.2. The van der Waals surface area contributed by atoms with Gasteiger partial charge < -0.3 is 9.32 Å². The molecule has 0 aliphatic heterocycles. The van der Waals surface area contributed by atoms with Crippen molar-refractivity contribution in [2.45, 2.75) is 50.5 Å². The average Bonchev–Trinajstić information content (AvgIpc) is 3.08. The molecule has 0 saturated heterocycles. The molecule has 0 unspecified atom stereocenters. The summed E-state index contributed by atoms with van der Waals surface area (Å²) in [7, 11) is 2.26. The van der Waals surface area contributed by atoms with Crippen LogP contribution in [0.25, 0.3) is 11.1 Å². The van der Waals surface area contributed by atoms with Crippen LogP contribution in [-0.4, -0.2) is 29.5 Å². The van der Waals surface area contributed by atoms with E-state index in [0.717, 1.165) is 23.5 Å². The maximum absolute atomic E-state index is 11.4. The number of benzene rings is 2. The van der Waals surface area contributed by atoms with Gasteiger partial charge in [-0.15, -0.1) is 0 Å². The molecular formula is C23H27ClN2O2. The van der Waals surface area contributed by atoms with Gasteiger partial charge in [-0.25, -0.2) is 4.79 Å². The topological polar surface area (TPSA) is 49.2 Å². The third-order valence-electron chi connectivity index (χ3n) is 6.13. The van der Waals surface area contributed by atoms with Crippen molar-refractivity contribution < 1.29 is 4.42 Å². The van der Waals surface area contributed by atoms with Gasteiger partial charge in [-0.05, 0) is 93.4 Å². The number of halogens is 1. The smallest absolute Gasteiger partial charge is 0.408 e. The fourth-order valence-electron chi connectivity index (χ4n) is 4.43. The van der Waals surface area contributed by atoms with Crippen molar-refractivity contribution in [2.75, 3.05) is 13.6 Å². The molecule has 1 N–H and O–H groups in total. The van der Waals surface area contributed by atoms with Crippen molar-refractivity contribution in [3.63, 3.8) is 0 Å². The predicted molar refractivity (Wildman–Crippen MR) is 114 cm³/mol. The quantitative estimate of drug-likeness (QED) is 0.607. The van der Waals surface area contributed by atoms with Crippen LogP contribution < -0.4 is 5.76 Å². The third-order valence-corrected chi connectivity index (χ3v) is 6.38. The van der Waals surface area contributed by atoms with Crippen LogP contribution in [0.15, 0.2) is 51.7 Å². The Hall–Kier alpha value is -2.04. The van der Waals surface area contributed by atoms with E-state index in [1.54, 1.807) is 0 Å². The SMILES string of the molecule is CN(CCCc1ccc(Cl)cc1)[C@H]1CC[C@H](c2ccc3[nH]c(=O)oc3c2)CC1. The molecule has 2 aromatic carbocycles. The molecule has 3 aromatic rings. The zero-order valence-electron chi connectivity index (χ0n) is 16.3. The van der Waals surface area contributed by atoms with Gasteiger partial charge in [0, 0.05) is 11.1 Å². The Labute approximate surface area is 170 Å². The van der Waals surface area contributed by atoms with E-state index in [9.17, 15) is 4.79 Å². The van der Waals surface area contributed by atoms with Crippen LogP contribution in [-0.2, 0) is 6.42 Å². The van der Waals surface area contributed by atoms with Crippen molar-refractivity contribution in [1.29, 1.82) is 0 Å². The number of aromatic nitrogens is 1. The summed E-state index contributed by atoms with van der Waals surface area (Å²) in [6.45, 7) is 1.12. The number of rotatable bonds is 6. The van der Waals surface area contributed by atoms with Gasteiger partial charge in [0.2, 0.25) is 0 Å². The number of aromatic amines is 1. The lowest BCUT2D eigenvalue weighted by atomic mass is 9.81. The summed E-state index contributed by atoms with van der Waals surface area (Å²) in [6, 6.07) is 15.0. The first kappa shape index (κ1) is 19.3. The third kappa shape index (κ3) is 4.50. The van der Waals surface area contributed by atoms with E-state index >= 15 is 0 Å². The number of aryl methyl sites for hydroxylation is 1. The minimum Gasteiger partial charge on any atom is -0.408 e. The molecule has 1 saturated carbocycles. The Morgan fingerprint density at radius 2 is 1.86 bits per heavy atom. The van der Waals surface area contributed by atoms with Crippen LogP contribution >= 0.6 is 11.6 Å². The van der Waals surface area contributed by atoms with E-state index in [2.05, 4.69) is 35.1 Å². The van der Waals surface area contributed by atoms with Crippen LogP contribution in [0.5, 0.6) is 0 Å². The molecule has 28 heavy (non-hydrogen) atoms. The Kier molecular flexibility index (Phi) is 5.88. The normalized spacial score (nSPS) is 20.1. The molecular weight excluding hydrogens is 372 g/mol. The summed E-state index contributed by atoms with van der Waals surface area (Å²) in [5.41, 5.74) is 4.10. The highest BCUT2D eigenvalue weighted by molar-refractivity contribution is 6.30. The summed E-state index contributed by atoms with van der Waals surface area (Å²) >= 11 is 5.95. The lowest BCUT2D eigenvalue weighted by molar-refractivity contribution is 0.181. The molecule has 1 aliphatic rings. The van der Waals surface area contributed by atoms with Crippen LogP contribution in [0.4, 0.5) is 0 Å². The second-order valence-corrected chi connectivity index (χ2v) is 8.42. The van der Waals surface area contributed by atoms with Crippen LogP contribution in [0.1, 0.15) is 49.1 Å². The van der Waals surface area contributed by atoms with E-state index in [1.165, 1.54) is 43.2 Å². The van der Waals surface area contributed by atoms with Gasteiger partial charge in [0.05, 0.1) is 5.52 Å². The maximum Gasteiger partial charge on any atom is 0.417 e. The van der Waals surface area contributed by atoms with Crippen molar-refractivity contribution in [3.8, 4) is 0 Å². The minimum atomic E-state index is -0.379. The fourth-order valence-corrected chi connectivity index (χ4v) is 4.56. The van der Waals surface area contributed by atoms with Crippen LogP contribution in [0.3, 0.4) is 0 Å². The molecule has 1 aromatic heterocycles. The summed E-state index contributed by atoms with van der Waals surface area (Å²) in [5, 5.41) is 0.801. The number of H-pyrrole nitrogens is 1. The molecule has 148 valence electrons. The summed E-state index contributed by atoms with van der Waals surface area (Å²) < 4.78 is 5.22. The molecule has 0 bridgehead atoms. The predicted octanol–water partition coefficient (Wildman–Crippen LogP) is 5.37. The maximum atomic E-state index is 11.4. The van der Waals surface area contributed by atoms with Gasteiger partial charge in [0.1, 0.15) is 0 Å². The number of hydrogen-bond donors (Lipinski definition) is 1. The average molecular weight is 399 g/mol. The minimum absolute atomic E-state index is 0.379. The molecule has 4 rings (SSSR count). The number of nitrogens with one attached hydrogen (secondary N) is 1. The van der Waals surface area contributed by atoms with E-state index < -0.39 is 0 Å². The highest BCUT2D eigenvalue weighted by Crippen LogP contribution is 2.35. The van der Waals surface area contributed by atoms with E-state index in [-0.39, 0.29) is 5.76 Å². The molecule has 0 radical (unpaired) electrons. The molecule has 1 heterocycles. The lowest BCUT2D eigenvalue weighted by Crippen LogP contribution is -2.35. The first-order valence-corrected chi connectivity index (χ1v) is 10.5. The zero-order chi connectivity index (χ0) is 19.5. The number of hydrogen-bond acceptors (Lipinski definition) is 3. The Morgan fingerprint density at radius 1 is 1.11 bits per heavy atom. The van der Waals surface area contributed by atoms with E-state index in [1.807, 2.05) is 24.3 Å². The monoisotopic (exact) mass is 398 g/mol. The number of fused-ring (bicyclic) bond motifs is 1. The van der Waals surface area contributed by atoms with Gasteiger partial charge in [-0.3, -0.25) is 4.98 Å². The molecule has 4 nitrogen and oxygen atoms in total. The van der Waals surface area contributed by atoms with Crippen LogP contribution in [0, 0.1) is 0 Å².